The molecule has 162 valence electrons. The van der Waals surface area contributed by atoms with Crippen molar-refractivity contribution in [1.29, 1.82) is 0 Å². The molecule has 0 aliphatic carbocycles. The number of carboxylic acid groups (broad SMARTS) is 1. The van der Waals surface area contributed by atoms with Gasteiger partial charge in [0.15, 0.2) is 0 Å². The molecule has 1 saturated heterocycles. The van der Waals surface area contributed by atoms with Crippen molar-refractivity contribution in [3.05, 3.63) is 16.6 Å². The van der Waals surface area contributed by atoms with Crippen LogP contribution in [-0.4, -0.2) is 63.6 Å². The summed E-state index contributed by atoms with van der Waals surface area (Å²) in [5.74, 6) is -1.94. The number of carbonyl (C=O) groups is 3. The fraction of sp³-hybridized carbons (Fsp3) is 0.700. The number of aromatic nitrogens is 1. The van der Waals surface area contributed by atoms with Gasteiger partial charge >= 0.3 is 11.9 Å². The second-order valence-corrected chi connectivity index (χ2v) is 9.36. The second-order valence-electron chi connectivity index (χ2n) is 8.44. The lowest BCUT2D eigenvalue weighted by molar-refractivity contribution is -0.166. The van der Waals surface area contributed by atoms with E-state index >= 15 is 0 Å². The van der Waals surface area contributed by atoms with Gasteiger partial charge in [0, 0.05) is 43.4 Å². The zero-order valence-corrected chi connectivity index (χ0v) is 18.5. The molecule has 0 radical (unpaired) electrons. The third kappa shape index (κ3) is 6.24. The topological polar surface area (TPSA) is 109 Å². The van der Waals surface area contributed by atoms with Crippen molar-refractivity contribution < 1.29 is 24.2 Å². The molecular formula is C20H31N3O5S. The van der Waals surface area contributed by atoms with Crippen molar-refractivity contribution in [3.63, 3.8) is 0 Å². The van der Waals surface area contributed by atoms with E-state index in [0.717, 1.165) is 5.01 Å². The van der Waals surface area contributed by atoms with E-state index in [9.17, 15) is 19.5 Å². The van der Waals surface area contributed by atoms with E-state index in [0.29, 0.717) is 19.4 Å². The highest BCUT2D eigenvalue weighted by molar-refractivity contribution is 7.09. The molecule has 0 aromatic carbocycles. The number of nitrogens with one attached hydrogen (secondary N) is 1. The molecular weight excluding hydrogens is 394 g/mol. The first-order valence-corrected chi connectivity index (χ1v) is 10.8. The van der Waals surface area contributed by atoms with Gasteiger partial charge in [-0.15, -0.1) is 11.3 Å². The molecule has 0 saturated carbocycles. The van der Waals surface area contributed by atoms with Gasteiger partial charge in [0.25, 0.3) is 0 Å². The molecule has 4 unspecified atom stereocenters. The third-order valence-electron chi connectivity index (χ3n) is 5.01. The van der Waals surface area contributed by atoms with Gasteiger partial charge in [-0.2, -0.15) is 0 Å². The number of thiazole rings is 1. The summed E-state index contributed by atoms with van der Waals surface area (Å²) in [4.78, 5) is 42.7. The van der Waals surface area contributed by atoms with Gasteiger partial charge in [-0.1, -0.05) is 6.92 Å². The Morgan fingerprint density at radius 3 is 2.59 bits per heavy atom. The molecule has 1 aromatic heterocycles. The van der Waals surface area contributed by atoms with Crippen LogP contribution < -0.4 is 5.32 Å². The van der Waals surface area contributed by atoms with E-state index in [-0.39, 0.29) is 24.3 Å². The fourth-order valence-electron chi connectivity index (χ4n) is 3.74. The molecule has 2 N–H and O–H groups in total. The summed E-state index contributed by atoms with van der Waals surface area (Å²) in [7, 11) is 0. The van der Waals surface area contributed by atoms with E-state index in [1.54, 1.807) is 31.9 Å². The Hall–Kier alpha value is -2.00. The molecule has 1 aromatic rings. The van der Waals surface area contributed by atoms with E-state index in [1.807, 2.05) is 12.3 Å². The maximum absolute atomic E-state index is 13.2. The largest absolute Gasteiger partial charge is 0.480 e. The van der Waals surface area contributed by atoms with Crippen LogP contribution >= 0.6 is 11.3 Å². The SMILES string of the molecule is CCC(CNC(C)=O)C(C(=O)OC(C)(C)C)N1CC(c2nccs2)CC1C(=O)O. The number of nitrogens with zero attached hydrogens (tertiary/aromatic N) is 2. The minimum Gasteiger partial charge on any atom is -0.480 e. The lowest BCUT2D eigenvalue weighted by atomic mass is 9.94. The van der Waals surface area contributed by atoms with Crippen LogP contribution in [0, 0.1) is 5.92 Å². The maximum atomic E-state index is 13.2. The zero-order valence-electron chi connectivity index (χ0n) is 17.7. The molecule has 9 heteroatoms. The van der Waals surface area contributed by atoms with E-state index in [4.69, 9.17) is 4.74 Å². The maximum Gasteiger partial charge on any atom is 0.324 e. The number of ether oxygens (including phenoxy) is 1. The summed E-state index contributed by atoms with van der Waals surface area (Å²) in [5.41, 5.74) is -0.700. The summed E-state index contributed by atoms with van der Waals surface area (Å²) < 4.78 is 5.66. The number of amides is 1. The molecule has 1 fully saturated rings. The molecule has 2 rings (SSSR count). The first-order valence-electron chi connectivity index (χ1n) is 9.88. The Morgan fingerprint density at radius 2 is 2.10 bits per heavy atom. The van der Waals surface area contributed by atoms with E-state index < -0.39 is 29.6 Å². The van der Waals surface area contributed by atoms with Crippen molar-refractivity contribution in [3.8, 4) is 0 Å². The highest BCUT2D eigenvalue weighted by Gasteiger charge is 2.47. The second kappa shape index (κ2) is 9.67. The molecule has 29 heavy (non-hydrogen) atoms. The van der Waals surface area contributed by atoms with Crippen LogP contribution in [0.4, 0.5) is 0 Å². The number of carboxylic acids is 1. The van der Waals surface area contributed by atoms with Crippen LogP contribution in [0.15, 0.2) is 11.6 Å². The van der Waals surface area contributed by atoms with Crippen LogP contribution in [0.25, 0.3) is 0 Å². The van der Waals surface area contributed by atoms with E-state index in [1.165, 1.54) is 18.3 Å². The van der Waals surface area contributed by atoms with Crippen LogP contribution in [0.5, 0.6) is 0 Å². The lowest BCUT2D eigenvalue weighted by Gasteiger charge is -2.36. The third-order valence-corrected chi connectivity index (χ3v) is 5.95. The average Bonchev–Trinajstić information content (AvgIpc) is 3.25. The first-order chi connectivity index (χ1) is 13.5. The Morgan fingerprint density at radius 1 is 1.41 bits per heavy atom. The van der Waals surface area contributed by atoms with Crippen LogP contribution in [-0.2, 0) is 19.1 Å². The number of rotatable bonds is 8. The molecule has 0 bridgehead atoms. The zero-order chi connectivity index (χ0) is 21.8. The Labute approximate surface area is 175 Å². The van der Waals surface area contributed by atoms with Crippen LogP contribution in [0.1, 0.15) is 58.4 Å². The molecule has 2 heterocycles. The summed E-state index contributed by atoms with van der Waals surface area (Å²) in [6.45, 7) is 9.39. The smallest absolute Gasteiger partial charge is 0.324 e. The minimum atomic E-state index is -0.966. The summed E-state index contributed by atoms with van der Waals surface area (Å²) in [6.07, 6.45) is 2.68. The van der Waals surface area contributed by atoms with Gasteiger partial charge < -0.3 is 15.2 Å². The predicted molar refractivity (Wildman–Crippen MR) is 110 cm³/mol. The van der Waals surface area contributed by atoms with Crippen molar-refractivity contribution in [2.75, 3.05) is 13.1 Å². The number of esters is 1. The lowest BCUT2D eigenvalue weighted by Crippen LogP contribution is -2.54. The monoisotopic (exact) mass is 425 g/mol. The normalized spacial score (nSPS) is 22.1. The minimum absolute atomic E-state index is 0.0562. The van der Waals surface area contributed by atoms with E-state index in [2.05, 4.69) is 10.3 Å². The van der Waals surface area contributed by atoms with Crippen molar-refractivity contribution in [2.24, 2.45) is 5.92 Å². The van der Waals surface area contributed by atoms with Gasteiger partial charge in [0.2, 0.25) is 5.91 Å². The fourth-order valence-corrected chi connectivity index (χ4v) is 4.49. The van der Waals surface area contributed by atoms with Gasteiger partial charge in [-0.3, -0.25) is 19.3 Å². The molecule has 8 nitrogen and oxygen atoms in total. The summed E-state index contributed by atoms with van der Waals surface area (Å²) in [5, 5.41) is 15.4. The van der Waals surface area contributed by atoms with Gasteiger partial charge in [0.05, 0.1) is 5.01 Å². The number of hydrogen-bond acceptors (Lipinski definition) is 7. The van der Waals surface area contributed by atoms with Gasteiger partial charge in [-0.05, 0) is 33.6 Å². The van der Waals surface area contributed by atoms with Crippen molar-refractivity contribution >= 4 is 29.2 Å². The molecule has 4 atom stereocenters. The number of carbonyl (C=O) groups excluding carboxylic acids is 2. The van der Waals surface area contributed by atoms with Crippen LogP contribution in [0.3, 0.4) is 0 Å². The molecule has 0 spiro atoms. The van der Waals surface area contributed by atoms with Gasteiger partial charge in [-0.25, -0.2) is 4.98 Å². The molecule has 1 aliphatic heterocycles. The highest BCUT2D eigenvalue weighted by atomic mass is 32.1. The number of aliphatic carboxylic acids is 1. The van der Waals surface area contributed by atoms with Gasteiger partial charge in [0.1, 0.15) is 17.7 Å². The Balaban J connectivity index is 2.36. The number of hydrogen-bond donors (Lipinski definition) is 2. The quantitative estimate of drug-likeness (QED) is 0.615. The molecule has 1 amide bonds. The molecule has 1 aliphatic rings. The summed E-state index contributed by atoms with van der Waals surface area (Å²) in [6, 6.07) is -1.58. The van der Waals surface area contributed by atoms with Crippen LogP contribution in [0.2, 0.25) is 0 Å². The number of likely N-dealkylation sites (tertiary alicyclic amines) is 1. The Bertz CT molecular complexity index is 716. The van der Waals surface area contributed by atoms with Crippen molar-refractivity contribution in [1.82, 2.24) is 15.2 Å². The predicted octanol–water partition coefficient (Wildman–Crippen LogP) is 2.26. The first kappa shape index (κ1) is 23.3. The average molecular weight is 426 g/mol. The Kier molecular flexibility index (Phi) is 7.76. The highest BCUT2D eigenvalue weighted by Crippen LogP contribution is 2.36. The van der Waals surface area contributed by atoms with Crippen molar-refractivity contribution in [2.45, 2.75) is 71.1 Å². The summed E-state index contributed by atoms with van der Waals surface area (Å²) >= 11 is 1.49. The standard InChI is InChI=1S/C20H31N3O5S/c1-6-13(10-22-12(2)24)16(19(27)28-20(3,4)5)23-11-14(9-15(23)18(25)26)17-21-7-8-29-17/h7-8,13-16H,6,9-11H2,1-5H3,(H,22,24)(H,25,26).